The van der Waals surface area contributed by atoms with Crippen LogP contribution in [0.5, 0.6) is 0 Å². The summed E-state index contributed by atoms with van der Waals surface area (Å²) in [5.74, 6) is 0.250. The fourth-order valence-corrected chi connectivity index (χ4v) is 2.80. The Balaban J connectivity index is 1.70. The standard InChI is InChI=1S/C14H24N2O4/c1-19-13(17)4-7-15-5-2-12(3-6-15)14(18)16-8-10-20-11-9-16/h12H,2-11H2,1H3. The summed E-state index contributed by atoms with van der Waals surface area (Å²) < 4.78 is 9.92. The van der Waals surface area contributed by atoms with Gasteiger partial charge in [-0.1, -0.05) is 0 Å². The number of hydrogen-bond acceptors (Lipinski definition) is 5. The van der Waals surface area contributed by atoms with Crippen molar-refractivity contribution >= 4 is 11.9 Å². The highest BCUT2D eigenvalue weighted by Crippen LogP contribution is 2.20. The Labute approximate surface area is 120 Å². The summed E-state index contributed by atoms with van der Waals surface area (Å²) in [6.45, 7) is 5.26. The van der Waals surface area contributed by atoms with Gasteiger partial charge in [-0.25, -0.2) is 0 Å². The zero-order valence-corrected chi connectivity index (χ0v) is 12.2. The molecule has 0 bridgehead atoms. The van der Waals surface area contributed by atoms with E-state index in [0.29, 0.717) is 19.6 Å². The molecule has 0 aromatic carbocycles. The minimum atomic E-state index is -0.170. The molecule has 114 valence electrons. The van der Waals surface area contributed by atoms with Crippen LogP contribution in [0.1, 0.15) is 19.3 Å². The largest absolute Gasteiger partial charge is 0.469 e. The van der Waals surface area contributed by atoms with E-state index in [-0.39, 0.29) is 17.8 Å². The van der Waals surface area contributed by atoms with Crippen molar-refractivity contribution in [3.63, 3.8) is 0 Å². The molecule has 20 heavy (non-hydrogen) atoms. The van der Waals surface area contributed by atoms with Gasteiger partial charge < -0.3 is 19.3 Å². The number of amides is 1. The number of carbonyl (C=O) groups is 2. The maximum Gasteiger partial charge on any atom is 0.306 e. The van der Waals surface area contributed by atoms with E-state index < -0.39 is 0 Å². The third kappa shape index (κ3) is 4.18. The van der Waals surface area contributed by atoms with Crippen LogP contribution in [0.3, 0.4) is 0 Å². The molecule has 0 radical (unpaired) electrons. The molecule has 0 N–H and O–H groups in total. The van der Waals surface area contributed by atoms with Gasteiger partial charge in [-0.3, -0.25) is 9.59 Å². The van der Waals surface area contributed by atoms with E-state index in [1.807, 2.05) is 4.90 Å². The predicted octanol–water partition coefficient (Wildman–Crippen LogP) is 0.120. The molecule has 0 atom stereocenters. The number of piperidine rings is 1. The van der Waals surface area contributed by atoms with Gasteiger partial charge in [-0.15, -0.1) is 0 Å². The number of esters is 1. The fourth-order valence-electron chi connectivity index (χ4n) is 2.80. The van der Waals surface area contributed by atoms with Gasteiger partial charge in [0.05, 0.1) is 26.7 Å². The van der Waals surface area contributed by atoms with E-state index in [0.717, 1.165) is 45.6 Å². The molecule has 0 unspecified atom stereocenters. The van der Waals surface area contributed by atoms with Crippen molar-refractivity contribution in [2.45, 2.75) is 19.3 Å². The zero-order chi connectivity index (χ0) is 14.4. The molecule has 6 heteroatoms. The SMILES string of the molecule is COC(=O)CCN1CCC(C(=O)N2CCOCC2)CC1. The van der Waals surface area contributed by atoms with Gasteiger partial charge in [0, 0.05) is 25.6 Å². The Kier molecular flexibility index (Phi) is 5.79. The van der Waals surface area contributed by atoms with Gasteiger partial charge in [-0.2, -0.15) is 0 Å². The molecule has 2 aliphatic heterocycles. The van der Waals surface area contributed by atoms with Crippen LogP contribution in [0.25, 0.3) is 0 Å². The quantitative estimate of drug-likeness (QED) is 0.686. The Morgan fingerprint density at radius 1 is 1.15 bits per heavy atom. The highest BCUT2D eigenvalue weighted by atomic mass is 16.5. The molecule has 0 saturated carbocycles. The summed E-state index contributed by atoms with van der Waals surface area (Å²) in [7, 11) is 1.41. The lowest BCUT2D eigenvalue weighted by Gasteiger charge is -2.35. The van der Waals surface area contributed by atoms with Gasteiger partial charge in [0.25, 0.3) is 0 Å². The first kappa shape index (κ1) is 15.3. The van der Waals surface area contributed by atoms with Crippen molar-refractivity contribution in [1.82, 2.24) is 9.80 Å². The number of methoxy groups -OCH3 is 1. The monoisotopic (exact) mass is 284 g/mol. The molecule has 0 aromatic heterocycles. The average molecular weight is 284 g/mol. The minimum absolute atomic E-state index is 0.141. The normalized spacial score (nSPS) is 21.8. The van der Waals surface area contributed by atoms with Crippen molar-refractivity contribution < 1.29 is 19.1 Å². The van der Waals surface area contributed by atoms with Gasteiger partial charge in [0.15, 0.2) is 0 Å². The maximum atomic E-state index is 12.3. The summed E-state index contributed by atoms with van der Waals surface area (Å²) >= 11 is 0. The molecule has 6 nitrogen and oxygen atoms in total. The van der Waals surface area contributed by atoms with Gasteiger partial charge >= 0.3 is 5.97 Å². The molecule has 0 aromatic rings. The molecule has 2 saturated heterocycles. The van der Waals surface area contributed by atoms with Crippen LogP contribution in [0, 0.1) is 5.92 Å². The van der Waals surface area contributed by atoms with E-state index >= 15 is 0 Å². The first-order valence-corrected chi connectivity index (χ1v) is 7.36. The van der Waals surface area contributed by atoms with Crippen LogP contribution in [-0.4, -0.2) is 74.7 Å². The number of likely N-dealkylation sites (tertiary alicyclic amines) is 1. The Hall–Kier alpha value is -1.14. The number of carbonyl (C=O) groups excluding carboxylic acids is 2. The smallest absolute Gasteiger partial charge is 0.306 e. The Morgan fingerprint density at radius 3 is 2.40 bits per heavy atom. The molecular weight excluding hydrogens is 260 g/mol. The van der Waals surface area contributed by atoms with Crippen LogP contribution < -0.4 is 0 Å². The van der Waals surface area contributed by atoms with Crippen molar-refractivity contribution in [1.29, 1.82) is 0 Å². The molecule has 0 spiro atoms. The summed E-state index contributed by atoms with van der Waals surface area (Å²) in [6, 6.07) is 0. The third-order valence-electron chi connectivity index (χ3n) is 4.12. The number of morpholine rings is 1. The van der Waals surface area contributed by atoms with Crippen molar-refractivity contribution in [2.24, 2.45) is 5.92 Å². The fraction of sp³-hybridized carbons (Fsp3) is 0.857. The topological polar surface area (TPSA) is 59.1 Å². The van der Waals surface area contributed by atoms with E-state index in [1.54, 1.807) is 0 Å². The Morgan fingerprint density at radius 2 is 1.80 bits per heavy atom. The minimum Gasteiger partial charge on any atom is -0.469 e. The molecule has 1 amide bonds. The van der Waals surface area contributed by atoms with E-state index in [2.05, 4.69) is 9.64 Å². The van der Waals surface area contributed by atoms with Crippen molar-refractivity contribution in [3.8, 4) is 0 Å². The second kappa shape index (κ2) is 7.59. The summed E-state index contributed by atoms with van der Waals surface area (Å²) in [5.41, 5.74) is 0. The predicted molar refractivity (Wildman–Crippen MR) is 73.2 cm³/mol. The van der Waals surface area contributed by atoms with Gasteiger partial charge in [0.1, 0.15) is 0 Å². The molecule has 0 aliphatic carbocycles. The maximum absolute atomic E-state index is 12.3. The highest BCUT2D eigenvalue weighted by molar-refractivity contribution is 5.79. The van der Waals surface area contributed by atoms with Crippen LogP contribution in [0.4, 0.5) is 0 Å². The molecule has 2 aliphatic rings. The summed E-state index contributed by atoms with van der Waals surface area (Å²) in [5, 5.41) is 0. The van der Waals surface area contributed by atoms with Crippen molar-refractivity contribution in [3.05, 3.63) is 0 Å². The lowest BCUT2D eigenvalue weighted by atomic mass is 9.95. The zero-order valence-electron chi connectivity index (χ0n) is 12.2. The first-order valence-electron chi connectivity index (χ1n) is 7.36. The van der Waals surface area contributed by atoms with E-state index in [9.17, 15) is 9.59 Å². The second-order valence-corrected chi connectivity index (χ2v) is 5.38. The molecule has 2 heterocycles. The number of nitrogens with zero attached hydrogens (tertiary/aromatic N) is 2. The number of rotatable bonds is 4. The van der Waals surface area contributed by atoms with E-state index in [4.69, 9.17) is 4.74 Å². The molecular formula is C14H24N2O4. The van der Waals surface area contributed by atoms with Crippen LogP contribution in [0.2, 0.25) is 0 Å². The molecule has 2 fully saturated rings. The second-order valence-electron chi connectivity index (χ2n) is 5.38. The van der Waals surface area contributed by atoms with Gasteiger partial charge in [-0.05, 0) is 25.9 Å². The summed E-state index contributed by atoms with van der Waals surface area (Å²) in [4.78, 5) is 27.6. The first-order chi connectivity index (χ1) is 9.70. The molecule has 2 rings (SSSR count). The number of ether oxygens (including phenoxy) is 2. The lowest BCUT2D eigenvalue weighted by Crippen LogP contribution is -2.47. The highest BCUT2D eigenvalue weighted by Gasteiger charge is 2.29. The van der Waals surface area contributed by atoms with E-state index in [1.165, 1.54) is 7.11 Å². The van der Waals surface area contributed by atoms with Crippen molar-refractivity contribution in [2.75, 3.05) is 53.0 Å². The van der Waals surface area contributed by atoms with Crippen LogP contribution in [-0.2, 0) is 19.1 Å². The van der Waals surface area contributed by atoms with Gasteiger partial charge in [0.2, 0.25) is 5.91 Å². The summed E-state index contributed by atoms with van der Waals surface area (Å²) in [6.07, 6.45) is 2.20. The van der Waals surface area contributed by atoms with Crippen LogP contribution in [0.15, 0.2) is 0 Å². The Bertz CT molecular complexity index is 334. The average Bonchev–Trinajstić information content (AvgIpc) is 2.53. The van der Waals surface area contributed by atoms with Crippen LogP contribution >= 0.6 is 0 Å². The number of hydrogen-bond donors (Lipinski definition) is 0. The lowest BCUT2D eigenvalue weighted by molar-refractivity contribution is -0.143. The third-order valence-corrected chi connectivity index (χ3v) is 4.12.